The van der Waals surface area contributed by atoms with Gasteiger partial charge in [0.05, 0.1) is 5.41 Å². The first kappa shape index (κ1) is 9.97. The molecule has 1 amide bonds. The topological polar surface area (TPSA) is 41.1 Å². The Morgan fingerprint density at radius 1 is 1.43 bits per heavy atom. The lowest BCUT2D eigenvalue weighted by atomic mass is 9.69. The van der Waals surface area contributed by atoms with E-state index >= 15 is 0 Å². The van der Waals surface area contributed by atoms with Gasteiger partial charge in [0.2, 0.25) is 5.91 Å². The second-order valence-corrected chi connectivity index (χ2v) is 4.60. The Morgan fingerprint density at radius 3 is 2.79 bits per heavy atom. The molecule has 0 saturated carbocycles. The molecule has 3 heteroatoms. The van der Waals surface area contributed by atoms with Crippen LogP contribution in [0.5, 0.6) is 0 Å². The fourth-order valence-electron chi connectivity index (χ4n) is 3.01. The maximum absolute atomic E-state index is 11.9. The van der Waals surface area contributed by atoms with Gasteiger partial charge in [-0.05, 0) is 38.3 Å². The summed E-state index contributed by atoms with van der Waals surface area (Å²) in [6.07, 6.45) is 4.44. The van der Waals surface area contributed by atoms with Crippen LogP contribution in [-0.2, 0) is 4.79 Å². The zero-order chi connectivity index (χ0) is 10.0. The van der Waals surface area contributed by atoms with Gasteiger partial charge in [-0.1, -0.05) is 13.3 Å². The van der Waals surface area contributed by atoms with Crippen molar-refractivity contribution >= 4 is 5.91 Å². The van der Waals surface area contributed by atoms with E-state index in [2.05, 4.69) is 17.6 Å². The van der Waals surface area contributed by atoms with Gasteiger partial charge in [0, 0.05) is 6.54 Å². The van der Waals surface area contributed by atoms with Crippen molar-refractivity contribution in [2.75, 3.05) is 19.6 Å². The van der Waals surface area contributed by atoms with Crippen molar-refractivity contribution in [1.82, 2.24) is 10.6 Å². The molecule has 2 N–H and O–H groups in total. The maximum atomic E-state index is 11.9. The molecule has 0 aliphatic carbocycles. The van der Waals surface area contributed by atoms with Gasteiger partial charge < -0.3 is 10.6 Å². The number of carbonyl (C=O) groups is 1. The second-order valence-electron chi connectivity index (χ2n) is 4.60. The third kappa shape index (κ3) is 1.44. The molecule has 0 aromatic carbocycles. The van der Waals surface area contributed by atoms with Crippen molar-refractivity contribution in [3.63, 3.8) is 0 Å². The Morgan fingerprint density at radius 2 is 2.14 bits per heavy atom. The molecule has 1 spiro atoms. The first-order valence-electron chi connectivity index (χ1n) is 5.78. The lowest BCUT2D eigenvalue weighted by Crippen LogP contribution is -2.44. The normalized spacial score (nSPS) is 30.6. The minimum atomic E-state index is -0.0126. The zero-order valence-electron chi connectivity index (χ0n) is 8.94. The van der Waals surface area contributed by atoms with E-state index in [1.165, 1.54) is 12.8 Å². The van der Waals surface area contributed by atoms with Crippen molar-refractivity contribution in [2.45, 2.75) is 32.6 Å². The van der Waals surface area contributed by atoms with Crippen LogP contribution in [0.3, 0.4) is 0 Å². The van der Waals surface area contributed by atoms with Crippen molar-refractivity contribution in [3.8, 4) is 0 Å². The molecule has 0 aromatic rings. The number of piperidine rings is 1. The molecule has 2 saturated heterocycles. The Labute approximate surface area is 85.6 Å². The second kappa shape index (κ2) is 3.89. The van der Waals surface area contributed by atoms with Crippen molar-refractivity contribution in [3.05, 3.63) is 0 Å². The highest BCUT2D eigenvalue weighted by atomic mass is 16.2. The summed E-state index contributed by atoms with van der Waals surface area (Å²) in [6.45, 7) is 5.13. The Kier molecular flexibility index (Phi) is 2.77. The molecule has 0 aromatic heterocycles. The van der Waals surface area contributed by atoms with Crippen molar-refractivity contribution < 1.29 is 4.79 Å². The first-order valence-corrected chi connectivity index (χ1v) is 5.78. The minimum absolute atomic E-state index is 0.0126. The number of carbonyl (C=O) groups excluding carboxylic acids is 1. The molecule has 2 aliphatic rings. The molecule has 80 valence electrons. The Bertz CT molecular complexity index is 221. The third-order valence-corrected chi connectivity index (χ3v) is 3.88. The van der Waals surface area contributed by atoms with Crippen LogP contribution in [0.15, 0.2) is 0 Å². The van der Waals surface area contributed by atoms with Gasteiger partial charge >= 0.3 is 0 Å². The number of hydrogen-bond donors (Lipinski definition) is 2. The van der Waals surface area contributed by atoms with Gasteiger partial charge in [-0.15, -0.1) is 0 Å². The first-order chi connectivity index (χ1) is 6.79. The summed E-state index contributed by atoms with van der Waals surface area (Å²) in [4.78, 5) is 11.9. The van der Waals surface area contributed by atoms with Crippen LogP contribution in [0, 0.1) is 11.3 Å². The predicted octanol–water partition coefficient (Wildman–Crippen LogP) is 0.902. The number of rotatable bonds is 2. The quantitative estimate of drug-likeness (QED) is 0.689. The summed E-state index contributed by atoms with van der Waals surface area (Å²) in [5.74, 6) is 0.902. The average Bonchev–Trinajstić information content (AvgIpc) is 2.49. The Hall–Kier alpha value is -0.570. The van der Waals surface area contributed by atoms with E-state index in [4.69, 9.17) is 0 Å². The monoisotopic (exact) mass is 196 g/mol. The zero-order valence-corrected chi connectivity index (χ0v) is 8.94. The molecule has 0 unspecified atom stereocenters. The lowest BCUT2D eigenvalue weighted by Gasteiger charge is -2.36. The van der Waals surface area contributed by atoms with Crippen LogP contribution >= 0.6 is 0 Å². The van der Waals surface area contributed by atoms with Gasteiger partial charge in [-0.3, -0.25) is 4.79 Å². The molecule has 0 radical (unpaired) electrons. The minimum Gasteiger partial charge on any atom is -0.355 e. The summed E-state index contributed by atoms with van der Waals surface area (Å²) < 4.78 is 0. The summed E-state index contributed by atoms with van der Waals surface area (Å²) in [5.41, 5.74) is -0.0126. The molecular formula is C11H20N2O. The fraction of sp³-hybridized carbons (Fsp3) is 0.909. The number of amides is 1. The number of nitrogens with one attached hydrogen (secondary N) is 2. The smallest absolute Gasteiger partial charge is 0.226 e. The Balaban J connectivity index is 2.13. The van der Waals surface area contributed by atoms with E-state index in [0.29, 0.717) is 11.8 Å². The SMILES string of the molecule is CCC[C@@H]1CNC(=O)C12CCNCC2. The van der Waals surface area contributed by atoms with Gasteiger partial charge in [-0.2, -0.15) is 0 Å². The molecule has 2 fully saturated rings. The van der Waals surface area contributed by atoms with Crippen molar-refractivity contribution in [2.24, 2.45) is 11.3 Å². The van der Waals surface area contributed by atoms with E-state index in [9.17, 15) is 4.79 Å². The lowest BCUT2D eigenvalue weighted by molar-refractivity contribution is -0.130. The van der Waals surface area contributed by atoms with Gasteiger partial charge in [0.15, 0.2) is 0 Å². The van der Waals surface area contributed by atoms with E-state index in [-0.39, 0.29) is 5.41 Å². The molecule has 0 bridgehead atoms. The van der Waals surface area contributed by atoms with Gasteiger partial charge in [0.1, 0.15) is 0 Å². The van der Waals surface area contributed by atoms with Gasteiger partial charge in [-0.25, -0.2) is 0 Å². The summed E-state index contributed by atoms with van der Waals surface area (Å²) >= 11 is 0. The molecular weight excluding hydrogens is 176 g/mol. The highest BCUT2D eigenvalue weighted by Gasteiger charge is 2.49. The summed E-state index contributed by atoms with van der Waals surface area (Å²) in [7, 11) is 0. The van der Waals surface area contributed by atoms with Crippen LogP contribution < -0.4 is 10.6 Å². The van der Waals surface area contributed by atoms with Gasteiger partial charge in [0.25, 0.3) is 0 Å². The highest BCUT2D eigenvalue weighted by molar-refractivity contribution is 5.85. The fourth-order valence-corrected chi connectivity index (χ4v) is 3.01. The summed E-state index contributed by atoms with van der Waals surface area (Å²) in [6, 6.07) is 0. The van der Waals surface area contributed by atoms with Crippen molar-refractivity contribution in [1.29, 1.82) is 0 Å². The maximum Gasteiger partial charge on any atom is 0.226 e. The average molecular weight is 196 g/mol. The van der Waals surface area contributed by atoms with Crippen LogP contribution in [0.1, 0.15) is 32.6 Å². The standard InChI is InChI=1S/C11H20N2O/c1-2-3-9-8-13-10(14)11(9)4-6-12-7-5-11/h9,12H,2-8H2,1H3,(H,13,14)/t9-/m1/s1. The predicted molar refractivity (Wildman–Crippen MR) is 55.9 cm³/mol. The molecule has 2 heterocycles. The molecule has 2 aliphatic heterocycles. The van der Waals surface area contributed by atoms with Crippen LogP contribution in [0.4, 0.5) is 0 Å². The van der Waals surface area contributed by atoms with E-state index < -0.39 is 0 Å². The van der Waals surface area contributed by atoms with E-state index in [1.807, 2.05) is 0 Å². The van der Waals surface area contributed by atoms with Crippen LogP contribution in [0.2, 0.25) is 0 Å². The molecule has 3 nitrogen and oxygen atoms in total. The third-order valence-electron chi connectivity index (χ3n) is 3.88. The molecule has 1 atom stereocenters. The number of hydrogen-bond acceptors (Lipinski definition) is 2. The molecule has 14 heavy (non-hydrogen) atoms. The van der Waals surface area contributed by atoms with E-state index in [0.717, 1.165) is 32.5 Å². The van der Waals surface area contributed by atoms with Crippen LogP contribution in [0.25, 0.3) is 0 Å². The highest BCUT2D eigenvalue weighted by Crippen LogP contribution is 2.42. The van der Waals surface area contributed by atoms with E-state index in [1.54, 1.807) is 0 Å². The largest absolute Gasteiger partial charge is 0.355 e. The summed E-state index contributed by atoms with van der Waals surface area (Å²) in [5, 5.41) is 6.39. The van der Waals surface area contributed by atoms with Crippen LogP contribution in [-0.4, -0.2) is 25.5 Å². The molecule has 2 rings (SSSR count).